The van der Waals surface area contributed by atoms with Gasteiger partial charge in [0.05, 0.1) is 18.3 Å². The van der Waals surface area contributed by atoms with E-state index in [1.165, 1.54) is 0 Å². The number of nitrogens with one attached hydrogen (secondary N) is 2. The summed E-state index contributed by atoms with van der Waals surface area (Å²) < 4.78 is 1.73. The van der Waals surface area contributed by atoms with Gasteiger partial charge in [0.25, 0.3) is 5.91 Å². The molecule has 1 aromatic heterocycles. The Morgan fingerprint density at radius 1 is 1.28 bits per heavy atom. The fourth-order valence-electron chi connectivity index (χ4n) is 2.91. The second-order valence-electron chi connectivity index (χ2n) is 6.22. The predicted octanol–water partition coefficient (Wildman–Crippen LogP) is 1.61. The van der Waals surface area contributed by atoms with E-state index >= 15 is 0 Å². The molecule has 7 heteroatoms. The van der Waals surface area contributed by atoms with E-state index in [2.05, 4.69) is 20.6 Å². The molecule has 1 saturated heterocycles. The lowest BCUT2D eigenvalue weighted by Gasteiger charge is -2.27. The Bertz CT molecular complexity index is 696. The van der Waals surface area contributed by atoms with E-state index in [9.17, 15) is 4.79 Å². The van der Waals surface area contributed by atoms with E-state index in [-0.39, 0.29) is 5.91 Å². The summed E-state index contributed by atoms with van der Waals surface area (Å²) in [5, 5.41) is 11.3. The smallest absolute Gasteiger partial charge is 0.254 e. The summed E-state index contributed by atoms with van der Waals surface area (Å²) in [6, 6.07) is 7.65. The predicted molar refractivity (Wildman–Crippen MR) is 99.0 cm³/mol. The number of hydrogen-bond donors (Lipinski definition) is 2. The second kappa shape index (κ2) is 8.99. The lowest BCUT2D eigenvalue weighted by atomic mass is 10.2. The molecule has 6 nitrogen and oxygen atoms in total. The zero-order valence-electron chi connectivity index (χ0n) is 14.2. The molecule has 3 rings (SSSR count). The van der Waals surface area contributed by atoms with E-state index in [4.69, 9.17) is 11.6 Å². The van der Waals surface area contributed by atoms with E-state index in [1.54, 1.807) is 17.1 Å². The number of hydrogen-bond acceptors (Lipinski definition) is 4. The van der Waals surface area contributed by atoms with Crippen molar-refractivity contribution in [1.82, 2.24) is 25.3 Å². The molecule has 0 bridgehead atoms. The third-order valence-corrected chi connectivity index (χ3v) is 4.70. The standard InChI is InChI=1S/C18H24ClN5O/c19-17-5-2-1-4-15(17)13-24-14-16(12-22-24)18(25)21-6-3-9-23-10-7-20-8-11-23/h1-2,4-5,12,14,20H,3,6-11,13H2,(H,21,25). The molecule has 0 saturated carbocycles. The van der Waals surface area contributed by atoms with Crippen LogP contribution >= 0.6 is 11.6 Å². The number of rotatable bonds is 7. The molecule has 2 N–H and O–H groups in total. The molecular formula is C18H24ClN5O. The zero-order valence-corrected chi connectivity index (χ0v) is 15.0. The number of halogens is 1. The van der Waals surface area contributed by atoms with Gasteiger partial charge in [-0.05, 0) is 24.6 Å². The minimum Gasteiger partial charge on any atom is -0.352 e. The number of aromatic nitrogens is 2. The van der Waals surface area contributed by atoms with Crippen molar-refractivity contribution in [3.8, 4) is 0 Å². The summed E-state index contributed by atoms with van der Waals surface area (Å²) in [4.78, 5) is 14.6. The Balaban J connectivity index is 1.43. The summed E-state index contributed by atoms with van der Waals surface area (Å²) in [6.07, 6.45) is 4.32. The van der Waals surface area contributed by atoms with Crippen molar-refractivity contribution in [2.24, 2.45) is 0 Å². The van der Waals surface area contributed by atoms with Gasteiger partial charge in [0.15, 0.2) is 0 Å². The lowest BCUT2D eigenvalue weighted by Crippen LogP contribution is -2.44. The van der Waals surface area contributed by atoms with Gasteiger partial charge in [0, 0.05) is 43.9 Å². The summed E-state index contributed by atoms with van der Waals surface area (Å²) >= 11 is 6.16. The maximum Gasteiger partial charge on any atom is 0.254 e. The molecule has 0 radical (unpaired) electrons. The normalized spacial score (nSPS) is 15.2. The number of carbonyl (C=O) groups is 1. The summed E-state index contributed by atoms with van der Waals surface area (Å²) in [5.41, 5.74) is 1.56. The first kappa shape index (κ1) is 17.9. The van der Waals surface area contributed by atoms with Crippen molar-refractivity contribution in [2.75, 3.05) is 39.3 Å². The molecular weight excluding hydrogens is 338 g/mol. The average Bonchev–Trinajstić information content (AvgIpc) is 3.10. The Morgan fingerprint density at radius 2 is 2.08 bits per heavy atom. The molecule has 0 unspecified atom stereocenters. The van der Waals surface area contributed by atoms with Crippen LogP contribution in [-0.2, 0) is 6.54 Å². The van der Waals surface area contributed by atoms with Crippen molar-refractivity contribution in [3.05, 3.63) is 52.8 Å². The molecule has 1 amide bonds. The van der Waals surface area contributed by atoms with Gasteiger partial charge < -0.3 is 15.5 Å². The third kappa shape index (κ3) is 5.29. The van der Waals surface area contributed by atoms with Crippen LogP contribution < -0.4 is 10.6 Å². The van der Waals surface area contributed by atoms with Crippen LogP contribution in [0, 0.1) is 0 Å². The van der Waals surface area contributed by atoms with Crippen LogP contribution in [0.1, 0.15) is 22.3 Å². The minimum atomic E-state index is -0.0780. The number of carbonyl (C=O) groups excluding carboxylic acids is 1. The van der Waals surface area contributed by atoms with Crippen molar-refractivity contribution in [3.63, 3.8) is 0 Å². The average molecular weight is 362 g/mol. The molecule has 0 atom stereocenters. The van der Waals surface area contributed by atoms with Crippen LogP contribution in [0.3, 0.4) is 0 Å². The van der Waals surface area contributed by atoms with E-state index < -0.39 is 0 Å². The van der Waals surface area contributed by atoms with Gasteiger partial charge in [0.1, 0.15) is 0 Å². The van der Waals surface area contributed by atoms with Crippen LogP contribution in [-0.4, -0.2) is 59.9 Å². The van der Waals surface area contributed by atoms with Crippen LogP contribution in [0.25, 0.3) is 0 Å². The molecule has 1 fully saturated rings. The van der Waals surface area contributed by atoms with Gasteiger partial charge in [-0.1, -0.05) is 29.8 Å². The van der Waals surface area contributed by atoms with E-state index in [0.717, 1.165) is 44.7 Å². The van der Waals surface area contributed by atoms with Crippen LogP contribution in [0.4, 0.5) is 0 Å². The number of nitrogens with zero attached hydrogens (tertiary/aromatic N) is 3. The van der Waals surface area contributed by atoms with Crippen molar-refractivity contribution in [2.45, 2.75) is 13.0 Å². The van der Waals surface area contributed by atoms with Crippen LogP contribution in [0.15, 0.2) is 36.7 Å². The van der Waals surface area contributed by atoms with Crippen molar-refractivity contribution < 1.29 is 4.79 Å². The Labute approximate surface area is 153 Å². The highest BCUT2D eigenvalue weighted by atomic mass is 35.5. The summed E-state index contributed by atoms with van der Waals surface area (Å²) in [7, 11) is 0. The van der Waals surface area contributed by atoms with Crippen LogP contribution in [0.2, 0.25) is 5.02 Å². The molecule has 1 aromatic carbocycles. The first-order valence-corrected chi connectivity index (χ1v) is 9.07. The Morgan fingerprint density at radius 3 is 2.88 bits per heavy atom. The molecule has 2 heterocycles. The minimum absolute atomic E-state index is 0.0780. The SMILES string of the molecule is O=C(NCCCN1CCNCC1)c1cnn(Cc2ccccc2Cl)c1. The maximum atomic E-state index is 12.2. The molecule has 0 aliphatic carbocycles. The molecule has 0 spiro atoms. The molecule has 1 aliphatic heterocycles. The fraction of sp³-hybridized carbons (Fsp3) is 0.444. The van der Waals surface area contributed by atoms with Gasteiger partial charge in [-0.25, -0.2) is 0 Å². The quantitative estimate of drug-likeness (QED) is 0.735. The molecule has 1 aliphatic rings. The Hall–Kier alpha value is -1.89. The largest absolute Gasteiger partial charge is 0.352 e. The molecule has 2 aromatic rings. The highest BCUT2D eigenvalue weighted by molar-refractivity contribution is 6.31. The highest BCUT2D eigenvalue weighted by Gasteiger charge is 2.11. The lowest BCUT2D eigenvalue weighted by molar-refractivity contribution is 0.0951. The second-order valence-corrected chi connectivity index (χ2v) is 6.63. The van der Waals surface area contributed by atoms with E-state index in [0.29, 0.717) is 23.7 Å². The van der Waals surface area contributed by atoms with Gasteiger partial charge in [-0.2, -0.15) is 5.10 Å². The summed E-state index contributed by atoms with van der Waals surface area (Å²) in [6.45, 7) is 6.53. The van der Waals surface area contributed by atoms with Crippen molar-refractivity contribution in [1.29, 1.82) is 0 Å². The molecule has 25 heavy (non-hydrogen) atoms. The van der Waals surface area contributed by atoms with Gasteiger partial charge in [-0.3, -0.25) is 9.48 Å². The van der Waals surface area contributed by atoms with Crippen molar-refractivity contribution >= 4 is 17.5 Å². The first-order valence-electron chi connectivity index (χ1n) is 8.69. The first-order chi connectivity index (χ1) is 12.2. The number of amides is 1. The topological polar surface area (TPSA) is 62.2 Å². The van der Waals surface area contributed by atoms with E-state index in [1.807, 2.05) is 24.3 Å². The highest BCUT2D eigenvalue weighted by Crippen LogP contribution is 2.16. The van der Waals surface area contributed by atoms with Crippen LogP contribution in [0.5, 0.6) is 0 Å². The monoisotopic (exact) mass is 361 g/mol. The number of piperazine rings is 1. The third-order valence-electron chi connectivity index (χ3n) is 4.33. The fourth-order valence-corrected chi connectivity index (χ4v) is 3.11. The van der Waals surface area contributed by atoms with Gasteiger partial charge >= 0.3 is 0 Å². The maximum absolute atomic E-state index is 12.2. The Kier molecular flexibility index (Phi) is 6.44. The summed E-state index contributed by atoms with van der Waals surface area (Å²) in [5.74, 6) is -0.0780. The zero-order chi connectivity index (χ0) is 17.5. The number of benzene rings is 1. The van der Waals surface area contributed by atoms with Gasteiger partial charge in [-0.15, -0.1) is 0 Å². The van der Waals surface area contributed by atoms with Gasteiger partial charge in [0.2, 0.25) is 0 Å². The molecule has 134 valence electrons.